The molecular weight excluding hydrogens is 421 g/mol. The van der Waals surface area contributed by atoms with Gasteiger partial charge in [-0.3, -0.25) is 25.5 Å². The van der Waals surface area contributed by atoms with E-state index in [0.29, 0.717) is 16.9 Å². The van der Waals surface area contributed by atoms with Crippen LogP contribution in [0.4, 0.5) is 10.5 Å². The Balaban J connectivity index is 2.07. The van der Waals surface area contributed by atoms with Crippen molar-refractivity contribution in [3.05, 3.63) is 53.3 Å². The first-order valence-electron chi connectivity index (χ1n) is 7.96. The number of hydrogen-bond acceptors (Lipinski definition) is 7. The molecule has 0 saturated heterocycles. The van der Waals surface area contributed by atoms with E-state index < -0.39 is 13.9 Å². The highest BCUT2D eigenvalue weighted by Gasteiger charge is 2.20. The third-order valence-electron chi connectivity index (χ3n) is 3.30. The van der Waals surface area contributed by atoms with E-state index in [1.165, 1.54) is 18.5 Å². The van der Waals surface area contributed by atoms with E-state index in [1.807, 2.05) is 0 Å². The highest BCUT2D eigenvalue weighted by molar-refractivity contribution is 7.80. The van der Waals surface area contributed by atoms with Crippen molar-refractivity contribution in [3.8, 4) is 5.75 Å². The van der Waals surface area contributed by atoms with Crippen molar-refractivity contribution in [2.24, 2.45) is 10.8 Å². The van der Waals surface area contributed by atoms with Crippen molar-refractivity contribution < 1.29 is 28.4 Å². The smallest absolute Gasteiger partial charge is 0.444 e. The van der Waals surface area contributed by atoms with E-state index in [0.717, 1.165) is 0 Å². The lowest BCUT2D eigenvalue weighted by Gasteiger charge is -2.15. The molecule has 0 radical (unpaired) electrons. The minimum Gasteiger partial charge on any atom is -0.444 e. The summed E-state index contributed by atoms with van der Waals surface area (Å²) in [6.07, 6.45) is 1.98. The van der Waals surface area contributed by atoms with Crippen LogP contribution in [0.25, 0.3) is 0 Å². The number of amides is 1. The molecule has 0 aliphatic carbocycles. The van der Waals surface area contributed by atoms with Gasteiger partial charge in [-0.1, -0.05) is 18.2 Å². The van der Waals surface area contributed by atoms with Gasteiger partial charge in [0.15, 0.2) is 5.11 Å². The third kappa shape index (κ3) is 7.47. The van der Waals surface area contributed by atoms with Crippen LogP contribution in [0.2, 0.25) is 0 Å². The number of pyridine rings is 1. The fourth-order valence-corrected chi connectivity index (χ4v) is 2.70. The minimum absolute atomic E-state index is 0.0300. The van der Waals surface area contributed by atoms with E-state index >= 15 is 0 Å². The second-order valence-electron chi connectivity index (χ2n) is 5.52. The van der Waals surface area contributed by atoms with E-state index in [1.54, 1.807) is 31.2 Å². The van der Waals surface area contributed by atoms with Gasteiger partial charge in [0, 0.05) is 11.8 Å². The third-order valence-corrected chi connectivity index (χ3v) is 3.81. The van der Waals surface area contributed by atoms with Crippen LogP contribution in [0.15, 0.2) is 41.6 Å². The summed E-state index contributed by atoms with van der Waals surface area (Å²) in [4.78, 5) is 34.3. The summed E-state index contributed by atoms with van der Waals surface area (Å²) < 4.78 is 21.0. The van der Waals surface area contributed by atoms with Crippen LogP contribution in [-0.2, 0) is 15.9 Å². The lowest BCUT2D eigenvalue weighted by atomic mass is 10.1. The highest BCUT2D eigenvalue weighted by atomic mass is 32.1. The predicted octanol–water partition coefficient (Wildman–Crippen LogP) is 1.78. The number of carbonyl (C=O) groups excluding carboxylic acids is 1. The second kappa shape index (κ2) is 9.94. The number of aromatic nitrogens is 1. The molecule has 13 heteroatoms. The molecule has 0 saturated carbocycles. The van der Waals surface area contributed by atoms with Gasteiger partial charge in [-0.05, 0) is 36.8 Å². The summed E-state index contributed by atoms with van der Waals surface area (Å²) >= 11 is 4.63. The number of phosphoric acid groups is 1. The van der Waals surface area contributed by atoms with Crippen LogP contribution >= 0.6 is 20.0 Å². The van der Waals surface area contributed by atoms with Crippen molar-refractivity contribution in [3.63, 3.8) is 0 Å². The molecule has 0 atom stereocenters. The molecule has 0 unspecified atom stereocenters. The Morgan fingerprint density at radius 2 is 2.14 bits per heavy atom. The maximum atomic E-state index is 12.1. The number of thiocarbonyl (C=S) groups is 1. The van der Waals surface area contributed by atoms with Gasteiger partial charge in [0.2, 0.25) is 0 Å². The molecule has 1 aromatic carbocycles. The van der Waals surface area contributed by atoms with Gasteiger partial charge in [0.25, 0.3) is 0 Å². The van der Waals surface area contributed by atoms with Crippen LogP contribution in [0.1, 0.15) is 16.8 Å². The lowest BCUT2D eigenvalue weighted by Crippen LogP contribution is -2.24. The number of anilines is 1. The SMILES string of the molecule is Cc1cccc(COC(=O)Nc2cccnc2/C=N/NC(N)=S)c1OP(=O)(O)O. The molecule has 11 nitrogen and oxygen atoms in total. The maximum Gasteiger partial charge on any atom is 0.524 e. The fourth-order valence-electron chi connectivity index (χ4n) is 2.15. The van der Waals surface area contributed by atoms with Crippen LogP contribution in [-0.4, -0.2) is 32.2 Å². The molecule has 1 amide bonds. The number of rotatable bonds is 7. The average Bonchev–Trinajstić information content (AvgIpc) is 2.62. The summed E-state index contributed by atoms with van der Waals surface area (Å²) in [7, 11) is -4.77. The average molecular weight is 439 g/mol. The Kier molecular flexibility index (Phi) is 7.62. The zero-order valence-corrected chi connectivity index (χ0v) is 16.8. The van der Waals surface area contributed by atoms with Gasteiger partial charge in [-0.25, -0.2) is 9.36 Å². The number of para-hydroxylation sites is 1. The lowest BCUT2D eigenvalue weighted by molar-refractivity contribution is 0.154. The number of nitrogens with one attached hydrogen (secondary N) is 2. The van der Waals surface area contributed by atoms with Crippen LogP contribution in [0.5, 0.6) is 5.75 Å². The van der Waals surface area contributed by atoms with Crippen LogP contribution < -0.4 is 21.0 Å². The maximum absolute atomic E-state index is 12.1. The van der Waals surface area contributed by atoms with E-state index in [2.05, 4.69) is 33.0 Å². The van der Waals surface area contributed by atoms with Gasteiger partial charge < -0.3 is 15.0 Å². The normalized spacial score (nSPS) is 11.1. The monoisotopic (exact) mass is 439 g/mol. The number of carbonyl (C=O) groups is 1. The molecular formula is C16H18N5O6PS. The van der Waals surface area contributed by atoms with Crippen LogP contribution in [0, 0.1) is 6.92 Å². The predicted molar refractivity (Wildman–Crippen MR) is 109 cm³/mol. The second-order valence-corrected chi connectivity index (χ2v) is 7.12. The molecule has 1 aromatic heterocycles. The molecule has 6 N–H and O–H groups in total. The standard InChI is InChI=1S/C16H18N5O6PS/c1-10-4-2-5-11(14(10)27-28(23,24)25)9-26-16(22)20-12-6-3-7-18-13(12)8-19-21-15(17)29/h2-8H,9H2,1H3,(H,20,22)(H3,17,21,29)(H2,23,24,25)/b19-8+. The van der Waals surface area contributed by atoms with Crippen molar-refractivity contribution in [2.75, 3.05) is 5.32 Å². The molecule has 2 rings (SSSR count). The molecule has 0 aliphatic rings. The minimum atomic E-state index is -4.77. The van der Waals surface area contributed by atoms with Crippen molar-refractivity contribution in [1.29, 1.82) is 0 Å². The molecule has 2 aromatic rings. The quantitative estimate of drug-likeness (QED) is 0.185. The highest BCUT2D eigenvalue weighted by Crippen LogP contribution is 2.40. The first kappa shape index (κ1) is 22.2. The van der Waals surface area contributed by atoms with Crippen LogP contribution in [0.3, 0.4) is 0 Å². The van der Waals surface area contributed by atoms with Gasteiger partial charge >= 0.3 is 13.9 Å². The van der Waals surface area contributed by atoms with E-state index in [-0.39, 0.29) is 23.0 Å². The van der Waals surface area contributed by atoms with Gasteiger partial charge in [0.1, 0.15) is 18.1 Å². The largest absolute Gasteiger partial charge is 0.524 e. The number of nitrogens with zero attached hydrogens (tertiary/aromatic N) is 2. The molecule has 0 fully saturated rings. The van der Waals surface area contributed by atoms with Gasteiger partial charge in [-0.15, -0.1) is 0 Å². The Bertz CT molecular complexity index is 980. The number of ether oxygens (including phenoxy) is 1. The topological polar surface area (TPSA) is 168 Å². The summed E-state index contributed by atoms with van der Waals surface area (Å²) in [5.74, 6) is -0.0494. The Morgan fingerprint density at radius 1 is 1.38 bits per heavy atom. The number of hydrogen-bond donors (Lipinski definition) is 5. The first-order valence-corrected chi connectivity index (χ1v) is 9.90. The Morgan fingerprint density at radius 3 is 2.83 bits per heavy atom. The number of nitrogens with two attached hydrogens (primary N) is 1. The molecule has 0 spiro atoms. The van der Waals surface area contributed by atoms with Crippen molar-refractivity contribution >= 4 is 43.1 Å². The van der Waals surface area contributed by atoms with E-state index in [4.69, 9.17) is 24.8 Å². The zero-order chi connectivity index (χ0) is 21.4. The zero-order valence-electron chi connectivity index (χ0n) is 15.1. The summed E-state index contributed by atoms with van der Waals surface area (Å²) in [6, 6.07) is 7.95. The molecule has 0 bridgehead atoms. The number of hydrazone groups is 1. The first-order chi connectivity index (χ1) is 13.7. The number of aryl methyl sites for hydroxylation is 1. The summed E-state index contributed by atoms with van der Waals surface area (Å²) in [5.41, 5.74) is 9.03. The van der Waals surface area contributed by atoms with Crippen molar-refractivity contribution in [1.82, 2.24) is 10.4 Å². The number of benzene rings is 1. The van der Waals surface area contributed by atoms with Gasteiger partial charge in [-0.2, -0.15) is 5.10 Å². The van der Waals surface area contributed by atoms with E-state index in [9.17, 15) is 9.36 Å². The summed E-state index contributed by atoms with van der Waals surface area (Å²) in [5, 5.41) is 6.24. The molecule has 154 valence electrons. The molecule has 0 aliphatic heterocycles. The van der Waals surface area contributed by atoms with Crippen molar-refractivity contribution in [2.45, 2.75) is 13.5 Å². The molecule has 29 heavy (non-hydrogen) atoms. The fraction of sp³-hybridized carbons (Fsp3) is 0.125. The molecule has 1 heterocycles. The Labute approximate surface area is 171 Å². The number of phosphoric ester groups is 1. The Hall–Kier alpha value is -3.05. The van der Waals surface area contributed by atoms with Gasteiger partial charge in [0.05, 0.1) is 11.9 Å². The summed E-state index contributed by atoms with van der Waals surface area (Å²) in [6.45, 7) is 1.33.